The molecule has 0 aromatic heterocycles. The topological polar surface area (TPSA) is 21.3 Å². The van der Waals surface area contributed by atoms with Crippen molar-refractivity contribution in [3.05, 3.63) is 0 Å². The normalized spacial score (nSPS) is 35.2. The van der Waals surface area contributed by atoms with Crippen molar-refractivity contribution in [3.8, 4) is 0 Å². The molecule has 0 aliphatic heterocycles. The predicted octanol–water partition coefficient (Wildman–Crippen LogP) is 2.97. The molecule has 0 spiro atoms. The first-order valence-electron chi connectivity index (χ1n) is 6.83. The van der Waals surface area contributed by atoms with Crippen LogP contribution in [0.5, 0.6) is 0 Å². The first-order valence-corrected chi connectivity index (χ1v) is 6.83. The summed E-state index contributed by atoms with van der Waals surface area (Å²) in [6.07, 6.45) is 5.89. The van der Waals surface area contributed by atoms with Crippen LogP contribution in [0.15, 0.2) is 0 Å². The number of hydrogen-bond donors (Lipinski definition) is 1. The van der Waals surface area contributed by atoms with Gasteiger partial charge in [0.2, 0.25) is 0 Å². The summed E-state index contributed by atoms with van der Waals surface area (Å²) < 4.78 is 5.76. The molecule has 2 unspecified atom stereocenters. The van der Waals surface area contributed by atoms with Crippen LogP contribution in [0.25, 0.3) is 0 Å². The molecule has 2 heteroatoms. The van der Waals surface area contributed by atoms with Gasteiger partial charge in [-0.05, 0) is 31.6 Å². The van der Waals surface area contributed by atoms with E-state index in [9.17, 15) is 0 Å². The Morgan fingerprint density at radius 3 is 2.38 bits per heavy atom. The fourth-order valence-corrected chi connectivity index (χ4v) is 3.04. The smallest absolute Gasteiger partial charge is 0.0655 e. The molecule has 0 aromatic carbocycles. The molecule has 0 saturated heterocycles. The van der Waals surface area contributed by atoms with Gasteiger partial charge in [0.15, 0.2) is 0 Å². The third-order valence-corrected chi connectivity index (χ3v) is 4.88. The second kappa shape index (κ2) is 4.30. The molecule has 2 fully saturated rings. The summed E-state index contributed by atoms with van der Waals surface area (Å²) in [7, 11) is 0. The van der Waals surface area contributed by atoms with Crippen molar-refractivity contribution in [2.75, 3.05) is 13.2 Å². The van der Waals surface area contributed by atoms with Crippen molar-refractivity contribution >= 4 is 0 Å². The van der Waals surface area contributed by atoms with E-state index in [2.05, 4.69) is 33.0 Å². The van der Waals surface area contributed by atoms with Gasteiger partial charge in [0.25, 0.3) is 0 Å². The summed E-state index contributed by atoms with van der Waals surface area (Å²) in [6.45, 7) is 11.2. The zero-order valence-corrected chi connectivity index (χ0v) is 11.3. The maximum absolute atomic E-state index is 5.76. The van der Waals surface area contributed by atoms with Gasteiger partial charge in [0.05, 0.1) is 6.10 Å². The van der Waals surface area contributed by atoms with Crippen LogP contribution in [0.4, 0.5) is 0 Å². The molecule has 2 rings (SSSR count). The van der Waals surface area contributed by atoms with Gasteiger partial charge in [-0.1, -0.05) is 27.2 Å². The van der Waals surface area contributed by atoms with Gasteiger partial charge in [-0.15, -0.1) is 0 Å². The van der Waals surface area contributed by atoms with Crippen LogP contribution in [0, 0.1) is 10.8 Å². The van der Waals surface area contributed by atoms with E-state index in [-0.39, 0.29) is 0 Å². The molecule has 2 aliphatic carbocycles. The summed E-state index contributed by atoms with van der Waals surface area (Å²) in [6, 6.07) is 0.654. The second-order valence-corrected chi connectivity index (χ2v) is 6.60. The fraction of sp³-hybridized carbons (Fsp3) is 1.00. The van der Waals surface area contributed by atoms with Crippen LogP contribution in [-0.2, 0) is 4.74 Å². The standard InChI is InChI=1S/C14H27NO/c1-5-16-12-9-11(13(12,2)3)15-10-14(4)7-6-8-14/h11-12,15H,5-10H2,1-4H3. The number of hydrogen-bond acceptors (Lipinski definition) is 2. The molecule has 2 saturated carbocycles. The predicted molar refractivity (Wildman–Crippen MR) is 67.6 cm³/mol. The summed E-state index contributed by atoms with van der Waals surface area (Å²) in [5.41, 5.74) is 0.906. The average molecular weight is 225 g/mol. The second-order valence-electron chi connectivity index (χ2n) is 6.60. The lowest BCUT2D eigenvalue weighted by Gasteiger charge is -2.53. The van der Waals surface area contributed by atoms with Gasteiger partial charge in [-0.25, -0.2) is 0 Å². The van der Waals surface area contributed by atoms with Crippen LogP contribution < -0.4 is 5.32 Å². The van der Waals surface area contributed by atoms with E-state index in [1.54, 1.807) is 0 Å². The van der Waals surface area contributed by atoms with E-state index in [0.717, 1.165) is 6.61 Å². The van der Waals surface area contributed by atoms with Crippen LogP contribution in [0.3, 0.4) is 0 Å². The van der Waals surface area contributed by atoms with Crippen LogP contribution >= 0.6 is 0 Å². The molecule has 2 atom stereocenters. The Bertz CT molecular complexity index is 245. The Kier molecular flexibility index (Phi) is 3.33. The van der Waals surface area contributed by atoms with E-state index in [1.165, 1.54) is 32.2 Å². The molecule has 2 aliphatic rings. The summed E-state index contributed by atoms with van der Waals surface area (Å²) in [5, 5.41) is 3.76. The minimum atomic E-state index is 0.316. The van der Waals surface area contributed by atoms with Crippen molar-refractivity contribution in [1.82, 2.24) is 5.32 Å². The first kappa shape index (κ1) is 12.4. The van der Waals surface area contributed by atoms with E-state index < -0.39 is 0 Å². The molecular formula is C14H27NO. The monoisotopic (exact) mass is 225 g/mol. The third kappa shape index (κ3) is 2.14. The zero-order valence-electron chi connectivity index (χ0n) is 11.3. The molecule has 94 valence electrons. The average Bonchev–Trinajstić information content (AvgIpc) is 2.19. The van der Waals surface area contributed by atoms with Crippen molar-refractivity contribution in [2.24, 2.45) is 10.8 Å². The van der Waals surface area contributed by atoms with E-state index in [0.29, 0.717) is 23.0 Å². The first-order chi connectivity index (χ1) is 7.48. The summed E-state index contributed by atoms with van der Waals surface area (Å²) >= 11 is 0. The van der Waals surface area contributed by atoms with Gasteiger partial charge < -0.3 is 10.1 Å². The summed E-state index contributed by atoms with van der Waals surface area (Å²) in [5.74, 6) is 0. The molecule has 16 heavy (non-hydrogen) atoms. The Labute approximate surface area is 100 Å². The number of ether oxygens (including phenoxy) is 1. The van der Waals surface area contributed by atoms with Gasteiger partial charge in [-0.3, -0.25) is 0 Å². The molecule has 2 nitrogen and oxygen atoms in total. The van der Waals surface area contributed by atoms with Gasteiger partial charge in [-0.2, -0.15) is 0 Å². The fourth-order valence-electron chi connectivity index (χ4n) is 3.04. The van der Waals surface area contributed by atoms with E-state index in [1.807, 2.05) is 0 Å². The van der Waals surface area contributed by atoms with Gasteiger partial charge in [0.1, 0.15) is 0 Å². The lowest BCUT2D eigenvalue weighted by Crippen LogP contribution is -2.62. The van der Waals surface area contributed by atoms with Crippen LogP contribution in [0.2, 0.25) is 0 Å². The van der Waals surface area contributed by atoms with E-state index >= 15 is 0 Å². The Balaban J connectivity index is 1.75. The zero-order chi connectivity index (χ0) is 11.8. The lowest BCUT2D eigenvalue weighted by atomic mass is 9.63. The van der Waals surface area contributed by atoms with Crippen LogP contribution in [-0.4, -0.2) is 25.3 Å². The van der Waals surface area contributed by atoms with Crippen molar-refractivity contribution in [1.29, 1.82) is 0 Å². The molecule has 0 bridgehead atoms. The Hall–Kier alpha value is -0.0800. The van der Waals surface area contributed by atoms with Crippen molar-refractivity contribution in [2.45, 2.75) is 65.5 Å². The molecule has 0 heterocycles. The molecule has 0 aromatic rings. The highest BCUT2D eigenvalue weighted by Crippen LogP contribution is 2.44. The van der Waals surface area contributed by atoms with E-state index in [4.69, 9.17) is 4.74 Å². The molecule has 0 radical (unpaired) electrons. The maximum Gasteiger partial charge on any atom is 0.0655 e. The third-order valence-electron chi connectivity index (χ3n) is 4.88. The van der Waals surface area contributed by atoms with Gasteiger partial charge in [0, 0.05) is 24.6 Å². The van der Waals surface area contributed by atoms with Crippen LogP contribution in [0.1, 0.15) is 53.4 Å². The Morgan fingerprint density at radius 2 is 1.94 bits per heavy atom. The highest BCUT2D eigenvalue weighted by atomic mass is 16.5. The number of rotatable bonds is 5. The van der Waals surface area contributed by atoms with Crippen molar-refractivity contribution < 1.29 is 4.74 Å². The SMILES string of the molecule is CCOC1CC(NCC2(C)CCC2)C1(C)C. The highest BCUT2D eigenvalue weighted by molar-refractivity contribution is 5.03. The molecule has 0 amide bonds. The molecule has 1 N–H and O–H groups in total. The minimum Gasteiger partial charge on any atom is -0.378 e. The quantitative estimate of drug-likeness (QED) is 0.776. The highest BCUT2D eigenvalue weighted by Gasteiger charge is 2.49. The van der Waals surface area contributed by atoms with Gasteiger partial charge >= 0.3 is 0 Å². The maximum atomic E-state index is 5.76. The Morgan fingerprint density at radius 1 is 1.25 bits per heavy atom. The summed E-state index contributed by atoms with van der Waals surface area (Å²) in [4.78, 5) is 0. The minimum absolute atomic E-state index is 0.316. The lowest BCUT2D eigenvalue weighted by molar-refractivity contribution is -0.116. The largest absolute Gasteiger partial charge is 0.378 e. The van der Waals surface area contributed by atoms with Crippen molar-refractivity contribution in [3.63, 3.8) is 0 Å². The number of nitrogens with one attached hydrogen (secondary N) is 1. The molecular weight excluding hydrogens is 198 g/mol.